The summed E-state index contributed by atoms with van der Waals surface area (Å²) in [6, 6.07) is 7.50. The number of amides is 1. The topological polar surface area (TPSA) is 54.5 Å². The van der Waals surface area contributed by atoms with Gasteiger partial charge in [0.15, 0.2) is 0 Å². The highest BCUT2D eigenvalue weighted by atomic mass is 35.5. The van der Waals surface area contributed by atoms with Gasteiger partial charge in [0, 0.05) is 19.3 Å². The van der Waals surface area contributed by atoms with Crippen LogP contribution in [0.25, 0.3) is 0 Å². The number of ether oxygens (including phenoxy) is 1. The van der Waals surface area contributed by atoms with E-state index in [-0.39, 0.29) is 35.7 Å². The fraction of sp³-hybridized carbons (Fsp3) is 0.429. The summed E-state index contributed by atoms with van der Waals surface area (Å²) in [7, 11) is 0. The van der Waals surface area contributed by atoms with Gasteiger partial charge in [0.1, 0.15) is 5.82 Å². The molecule has 2 heterocycles. The summed E-state index contributed by atoms with van der Waals surface area (Å²) >= 11 is 5.67. The van der Waals surface area contributed by atoms with E-state index in [1.54, 1.807) is 0 Å². The molecule has 188 valence electrons. The minimum atomic E-state index is -4.84. The van der Waals surface area contributed by atoms with Crippen LogP contribution >= 0.6 is 24.0 Å². The Morgan fingerprint density at radius 2 is 1.94 bits per heavy atom. The lowest BCUT2D eigenvalue weighted by Gasteiger charge is -2.35. The second-order valence-corrected chi connectivity index (χ2v) is 8.08. The van der Waals surface area contributed by atoms with Crippen molar-refractivity contribution in [3.8, 4) is 0 Å². The third-order valence-electron chi connectivity index (χ3n) is 5.19. The summed E-state index contributed by atoms with van der Waals surface area (Å²) in [5, 5.41) is 2.39. The van der Waals surface area contributed by atoms with E-state index >= 15 is 0 Å². The Morgan fingerprint density at radius 3 is 2.56 bits per heavy atom. The van der Waals surface area contributed by atoms with Gasteiger partial charge in [-0.15, -0.1) is 12.4 Å². The van der Waals surface area contributed by atoms with Gasteiger partial charge in [-0.05, 0) is 49.1 Å². The molecule has 3 rings (SSSR count). The third kappa shape index (κ3) is 7.92. The van der Waals surface area contributed by atoms with Crippen LogP contribution in [0.5, 0.6) is 0 Å². The zero-order valence-electron chi connectivity index (χ0n) is 17.5. The Labute approximate surface area is 202 Å². The predicted octanol–water partition coefficient (Wildman–Crippen LogP) is 6.53. The fourth-order valence-corrected chi connectivity index (χ4v) is 3.73. The van der Waals surface area contributed by atoms with Crippen molar-refractivity contribution in [3.05, 3.63) is 58.7 Å². The molecule has 2 aromatic rings. The molecule has 1 aromatic heterocycles. The number of alkyl halides is 6. The van der Waals surface area contributed by atoms with Crippen LogP contribution in [0.4, 0.5) is 37.0 Å². The number of nitrogens with one attached hydrogen (secondary N) is 1. The SMILES string of the molecule is Cl.O=C(Nc1ccc(Cl)cn1)O[C@@H](CN1CCC[C@H](c2cccc(C(F)(F)F)c2)C1)C(F)(F)F. The molecule has 13 heteroatoms. The van der Waals surface area contributed by atoms with Crippen LogP contribution in [0.3, 0.4) is 0 Å². The first kappa shape index (κ1) is 28.0. The van der Waals surface area contributed by atoms with Crippen LogP contribution < -0.4 is 5.32 Å². The number of hydrogen-bond acceptors (Lipinski definition) is 4. The monoisotopic (exact) mass is 531 g/mol. The maximum atomic E-state index is 13.5. The number of pyridine rings is 1. The Bertz CT molecular complexity index is 957. The number of carbonyl (C=O) groups excluding carboxylic acids is 1. The van der Waals surface area contributed by atoms with E-state index in [4.69, 9.17) is 11.6 Å². The molecular formula is C21H21Cl2F6N3O2. The Kier molecular flexibility index (Phi) is 9.44. The zero-order valence-corrected chi connectivity index (χ0v) is 19.1. The summed E-state index contributed by atoms with van der Waals surface area (Å²) < 4.78 is 84.3. The van der Waals surface area contributed by atoms with Crippen molar-refractivity contribution in [1.29, 1.82) is 0 Å². The number of piperidine rings is 1. The summed E-state index contributed by atoms with van der Waals surface area (Å²) in [5.74, 6) is -0.407. The molecule has 0 saturated carbocycles. The van der Waals surface area contributed by atoms with Crippen molar-refractivity contribution >= 4 is 35.9 Å². The van der Waals surface area contributed by atoms with E-state index in [9.17, 15) is 31.1 Å². The highest BCUT2D eigenvalue weighted by Gasteiger charge is 2.44. The molecular weight excluding hydrogens is 511 g/mol. The highest BCUT2D eigenvalue weighted by Crippen LogP contribution is 2.34. The van der Waals surface area contributed by atoms with E-state index < -0.39 is 36.7 Å². The van der Waals surface area contributed by atoms with Crippen LogP contribution in [0, 0.1) is 0 Å². The van der Waals surface area contributed by atoms with Crippen LogP contribution in [0.15, 0.2) is 42.6 Å². The molecule has 0 bridgehead atoms. The van der Waals surface area contributed by atoms with Crippen LogP contribution in [-0.4, -0.2) is 47.9 Å². The molecule has 1 N–H and O–H groups in total. The summed E-state index contributed by atoms with van der Waals surface area (Å²) in [6.07, 6.45) is -10.9. The number of carbonyl (C=O) groups is 1. The minimum Gasteiger partial charge on any atom is -0.435 e. The number of aromatic nitrogens is 1. The van der Waals surface area contributed by atoms with Crippen molar-refractivity contribution in [2.45, 2.75) is 37.2 Å². The molecule has 1 amide bonds. The average Bonchev–Trinajstić information content (AvgIpc) is 2.74. The van der Waals surface area contributed by atoms with Gasteiger partial charge >= 0.3 is 18.4 Å². The quantitative estimate of drug-likeness (QED) is 0.445. The molecule has 0 radical (unpaired) electrons. The van der Waals surface area contributed by atoms with E-state index in [0.29, 0.717) is 24.9 Å². The van der Waals surface area contributed by atoms with Crippen LogP contribution in [0.2, 0.25) is 5.02 Å². The molecule has 1 aliphatic rings. The summed E-state index contributed by atoms with van der Waals surface area (Å²) in [6.45, 7) is -0.232. The number of halogens is 8. The molecule has 1 aromatic carbocycles. The standard InChI is InChI=1S/C21H20ClF6N3O2.ClH/c22-16-6-7-18(29-10-16)30-19(32)33-17(21(26,27)28)12-31-8-2-4-14(11-31)13-3-1-5-15(9-13)20(23,24)25;/h1,3,5-7,9-10,14,17H,2,4,8,11-12H2,(H,29,30,32);1H/t14-,17-;/m0./s1. The molecule has 2 atom stereocenters. The Morgan fingerprint density at radius 1 is 1.21 bits per heavy atom. The maximum absolute atomic E-state index is 13.5. The van der Waals surface area contributed by atoms with Gasteiger partial charge in [0.05, 0.1) is 10.6 Å². The van der Waals surface area contributed by atoms with E-state index in [2.05, 4.69) is 15.0 Å². The summed E-state index contributed by atoms with van der Waals surface area (Å²) in [5.41, 5.74) is -0.397. The van der Waals surface area contributed by atoms with Crippen molar-refractivity contribution in [2.75, 3.05) is 25.0 Å². The van der Waals surface area contributed by atoms with Gasteiger partial charge in [-0.25, -0.2) is 9.78 Å². The van der Waals surface area contributed by atoms with Crippen molar-refractivity contribution in [3.63, 3.8) is 0 Å². The number of hydrogen-bond donors (Lipinski definition) is 1. The van der Waals surface area contributed by atoms with E-state index in [1.807, 2.05) is 0 Å². The zero-order chi connectivity index (χ0) is 24.2. The van der Waals surface area contributed by atoms with E-state index in [0.717, 1.165) is 12.1 Å². The number of likely N-dealkylation sites (tertiary alicyclic amines) is 1. The van der Waals surface area contributed by atoms with Crippen molar-refractivity contribution in [1.82, 2.24) is 9.88 Å². The second kappa shape index (κ2) is 11.5. The lowest BCUT2D eigenvalue weighted by molar-refractivity contribution is -0.207. The largest absolute Gasteiger partial charge is 0.435 e. The first-order chi connectivity index (χ1) is 15.4. The normalized spacial score (nSPS) is 18.0. The molecule has 0 spiro atoms. The van der Waals surface area contributed by atoms with Crippen LogP contribution in [0.1, 0.15) is 29.9 Å². The number of benzene rings is 1. The van der Waals surface area contributed by atoms with Gasteiger partial charge in [-0.1, -0.05) is 29.8 Å². The molecule has 0 aliphatic carbocycles. The first-order valence-electron chi connectivity index (χ1n) is 9.97. The highest BCUT2D eigenvalue weighted by molar-refractivity contribution is 6.30. The molecule has 1 aliphatic heterocycles. The number of rotatable bonds is 5. The minimum absolute atomic E-state index is 0. The van der Waals surface area contributed by atoms with Crippen molar-refractivity contribution in [2.24, 2.45) is 0 Å². The lowest BCUT2D eigenvalue weighted by atomic mass is 9.89. The Hall–Kier alpha value is -2.24. The molecule has 34 heavy (non-hydrogen) atoms. The summed E-state index contributed by atoms with van der Waals surface area (Å²) in [4.78, 5) is 17.2. The van der Waals surface area contributed by atoms with Gasteiger partial charge in [-0.2, -0.15) is 26.3 Å². The van der Waals surface area contributed by atoms with Crippen LogP contribution in [-0.2, 0) is 10.9 Å². The third-order valence-corrected chi connectivity index (χ3v) is 5.41. The smallest absolute Gasteiger partial charge is 0.426 e. The van der Waals surface area contributed by atoms with Crippen molar-refractivity contribution < 1.29 is 35.9 Å². The molecule has 5 nitrogen and oxygen atoms in total. The molecule has 0 unspecified atom stereocenters. The second-order valence-electron chi connectivity index (χ2n) is 7.64. The lowest BCUT2D eigenvalue weighted by Crippen LogP contribution is -2.47. The molecule has 1 saturated heterocycles. The van der Waals surface area contributed by atoms with Gasteiger partial charge in [0.2, 0.25) is 6.10 Å². The predicted molar refractivity (Wildman–Crippen MR) is 116 cm³/mol. The maximum Gasteiger partial charge on any atom is 0.426 e. The van der Waals surface area contributed by atoms with Gasteiger partial charge in [-0.3, -0.25) is 10.2 Å². The fourth-order valence-electron chi connectivity index (χ4n) is 3.62. The molecule has 1 fully saturated rings. The number of anilines is 1. The van der Waals surface area contributed by atoms with E-state index in [1.165, 1.54) is 35.4 Å². The van der Waals surface area contributed by atoms with Gasteiger partial charge in [0.25, 0.3) is 0 Å². The number of nitrogens with zero attached hydrogens (tertiary/aromatic N) is 2. The first-order valence-corrected chi connectivity index (χ1v) is 10.3. The Balaban J connectivity index is 0.00000408. The van der Waals surface area contributed by atoms with Gasteiger partial charge < -0.3 is 4.74 Å². The average molecular weight is 532 g/mol.